The van der Waals surface area contributed by atoms with Crippen molar-refractivity contribution in [1.82, 2.24) is 10.2 Å². The highest BCUT2D eigenvalue weighted by Gasteiger charge is 2.22. The highest BCUT2D eigenvalue weighted by atomic mass is 35.5. The lowest BCUT2D eigenvalue weighted by Gasteiger charge is -2.31. The highest BCUT2D eigenvalue weighted by molar-refractivity contribution is 6.30. The van der Waals surface area contributed by atoms with E-state index in [9.17, 15) is 14.7 Å². The molecule has 5 N–H and O–H groups in total. The second kappa shape index (κ2) is 14.1. The van der Waals surface area contributed by atoms with Gasteiger partial charge in [-0.15, -0.1) is 0 Å². The van der Waals surface area contributed by atoms with Crippen molar-refractivity contribution in [1.29, 1.82) is 0 Å². The van der Waals surface area contributed by atoms with Crippen LogP contribution in [0.2, 0.25) is 5.02 Å². The van der Waals surface area contributed by atoms with Gasteiger partial charge in [0.1, 0.15) is 5.75 Å². The molecule has 2 aromatic carbocycles. The van der Waals surface area contributed by atoms with Crippen LogP contribution in [-0.4, -0.2) is 54.5 Å². The fourth-order valence-corrected chi connectivity index (χ4v) is 4.07. The molecule has 1 unspecified atom stereocenters. The van der Waals surface area contributed by atoms with Crippen LogP contribution < -0.4 is 16.4 Å². The first-order valence-corrected chi connectivity index (χ1v) is 12.5. The van der Waals surface area contributed by atoms with E-state index in [1.54, 1.807) is 12.1 Å². The molecule has 0 fully saturated rings. The lowest BCUT2D eigenvalue weighted by Crippen LogP contribution is -2.43. The predicted molar refractivity (Wildman–Crippen MR) is 143 cm³/mol. The molecule has 0 heterocycles. The maximum atomic E-state index is 13.1. The van der Waals surface area contributed by atoms with Crippen LogP contribution >= 0.6 is 11.6 Å². The number of aryl methyl sites for hydroxylation is 1. The minimum Gasteiger partial charge on any atom is -0.506 e. The second-order valence-electron chi connectivity index (χ2n) is 10.1. The van der Waals surface area contributed by atoms with Gasteiger partial charge in [-0.25, -0.2) is 0 Å². The molecule has 1 atom stereocenters. The number of rotatable bonds is 14. The van der Waals surface area contributed by atoms with Crippen LogP contribution in [0.5, 0.6) is 5.75 Å². The monoisotopic (exact) mass is 502 g/mol. The van der Waals surface area contributed by atoms with E-state index in [-0.39, 0.29) is 23.1 Å². The van der Waals surface area contributed by atoms with Gasteiger partial charge >= 0.3 is 0 Å². The molecule has 192 valence electrons. The van der Waals surface area contributed by atoms with Gasteiger partial charge in [0.2, 0.25) is 12.3 Å². The molecule has 0 aliphatic carbocycles. The lowest BCUT2D eigenvalue weighted by atomic mass is 9.95. The molecule has 2 amide bonds. The van der Waals surface area contributed by atoms with Gasteiger partial charge in [-0.3, -0.25) is 9.59 Å². The van der Waals surface area contributed by atoms with Crippen LogP contribution in [0, 0.1) is 5.41 Å². The Morgan fingerprint density at radius 3 is 2.57 bits per heavy atom. The summed E-state index contributed by atoms with van der Waals surface area (Å²) in [4.78, 5) is 25.6. The Hall–Kier alpha value is -2.61. The summed E-state index contributed by atoms with van der Waals surface area (Å²) in [6.45, 7) is 9.00. The van der Waals surface area contributed by atoms with Crippen molar-refractivity contribution in [2.75, 3.05) is 31.5 Å². The van der Waals surface area contributed by atoms with Crippen molar-refractivity contribution < 1.29 is 14.7 Å². The van der Waals surface area contributed by atoms with Gasteiger partial charge in [-0.05, 0) is 66.6 Å². The second-order valence-corrected chi connectivity index (χ2v) is 10.6. The average molecular weight is 503 g/mol. The molecule has 35 heavy (non-hydrogen) atoms. The van der Waals surface area contributed by atoms with Gasteiger partial charge in [-0.1, -0.05) is 50.6 Å². The van der Waals surface area contributed by atoms with E-state index >= 15 is 0 Å². The number of phenols is 1. The first-order valence-electron chi connectivity index (χ1n) is 12.1. The van der Waals surface area contributed by atoms with Crippen LogP contribution in [0.1, 0.15) is 44.7 Å². The van der Waals surface area contributed by atoms with Crippen LogP contribution in [0.3, 0.4) is 0 Å². The van der Waals surface area contributed by atoms with Crippen LogP contribution in [0.25, 0.3) is 0 Å². The van der Waals surface area contributed by atoms with Crippen LogP contribution in [0.15, 0.2) is 42.5 Å². The number of anilines is 1. The molecule has 7 nitrogen and oxygen atoms in total. The molecule has 0 aromatic heterocycles. The van der Waals surface area contributed by atoms with E-state index in [2.05, 4.69) is 31.4 Å². The molecule has 0 aliphatic heterocycles. The molecule has 0 aliphatic rings. The maximum absolute atomic E-state index is 13.1. The van der Waals surface area contributed by atoms with E-state index in [0.29, 0.717) is 49.7 Å². The lowest BCUT2D eigenvalue weighted by molar-refractivity contribution is -0.132. The summed E-state index contributed by atoms with van der Waals surface area (Å²) in [6.07, 6.45) is 3.10. The first-order chi connectivity index (χ1) is 16.6. The molecule has 0 spiro atoms. The molecule has 8 heteroatoms. The molecular weight excluding hydrogens is 464 g/mol. The third-order valence-electron chi connectivity index (χ3n) is 5.57. The molecule has 0 saturated heterocycles. The van der Waals surface area contributed by atoms with E-state index in [0.717, 1.165) is 30.4 Å². The van der Waals surface area contributed by atoms with Gasteiger partial charge in [0.05, 0.1) is 5.69 Å². The van der Waals surface area contributed by atoms with Gasteiger partial charge in [0.25, 0.3) is 0 Å². The number of phenolic OH excluding ortho intramolecular Hbond substituents is 1. The van der Waals surface area contributed by atoms with Gasteiger partial charge < -0.3 is 26.4 Å². The SMILES string of the molecule is CC(C)(C)CN(CCNCCc1ccc(O)c(NC=O)c1)C(=O)CC(N)CCc1cccc(Cl)c1. The number of benzene rings is 2. The summed E-state index contributed by atoms with van der Waals surface area (Å²) >= 11 is 6.06. The number of nitrogens with two attached hydrogens (primary N) is 1. The van der Waals surface area contributed by atoms with Crippen molar-refractivity contribution in [3.63, 3.8) is 0 Å². The summed E-state index contributed by atoms with van der Waals surface area (Å²) in [5.41, 5.74) is 8.80. The fraction of sp³-hybridized carbons (Fsp3) is 0.481. The Morgan fingerprint density at radius 2 is 1.89 bits per heavy atom. The number of aromatic hydroxyl groups is 1. The van der Waals surface area contributed by atoms with Crippen molar-refractivity contribution >= 4 is 29.6 Å². The smallest absolute Gasteiger partial charge is 0.224 e. The molecule has 0 bridgehead atoms. The number of nitrogens with one attached hydrogen (secondary N) is 2. The van der Waals surface area contributed by atoms with Crippen LogP contribution in [0.4, 0.5) is 5.69 Å². The Morgan fingerprint density at radius 1 is 1.14 bits per heavy atom. The summed E-state index contributed by atoms with van der Waals surface area (Å²) < 4.78 is 0. The quantitative estimate of drug-likeness (QED) is 0.177. The summed E-state index contributed by atoms with van der Waals surface area (Å²) in [7, 11) is 0. The number of nitrogens with zero attached hydrogens (tertiary/aromatic N) is 1. The molecule has 0 radical (unpaired) electrons. The van der Waals surface area contributed by atoms with Gasteiger partial charge in [0, 0.05) is 37.1 Å². The Labute approximate surface area is 214 Å². The van der Waals surface area contributed by atoms with Crippen molar-refractivity contribution in [2.45, 2.75) is 52.5 Å². The topological polar surface area (TPSA) is 108 Å². The van der Waals surface area contributed by atoms with E-state index < -0.39 is 0 Å². The Kier molecular flexibility index (Phi) is 11.5. The third-order valence-corrected chi connectivity index (χ3v) is 5.81. The Bertz CT molecular complexity index is 962. The number of amides is 2. The number of carbonyl (C=O) groups is 2. The molecule has 0 saturated carbocycles. The largest absolute Gasteiger partial charge is 0.506 e. The summed E-state index contributed by atoms with van der Waals surface area (Å²) in [5, 5.41) is 16.3. The molecular formula is C27H39ClN4O3. The van der Waals surface area contributed by atoms with Gasteiger partial charge in [-0.2, -0.15) is 0 Å². The predicted octanol–water partition coefficient (Wildman–Crippen LogP) is 3.97. The van der Waals surface area contributed by atoms with Crippen molar-refractivity contribution in [2.24, 2.45) is 11.1 Å². The first kappa shape index (κ1) is 28.6. The van der Waals surface area contributed by atoms with Crippen LogP contribution in [-0.2, 0) is 22.4 Å². The third kappa shape index (κ3) is 11.1. The van der Waals surface area contributed by atoms with E-state index in [4.69, 9.17) is 17.3 Å². The number of halogens is 1. The number of hydrogen-bond acceptors (Lipinski definition) is 5. The standard InChI is InChI=1S/C27H39ClN4O3/c1-27(2,3)18-32(26(35)17-23(29)9-7-20-5-4-6-22(28)15-20)14-13-30-12-11-21-8-10-25(34)24(16-21)31-19-33/h4-6,8,10,15-16,19,23,30,34H,7,9,11-14,17-18,29H2,1-3H3,(H,31,33). The zero-order valence-corrected chi connectivity index (χ0v) is 21.8. The maximum Gasteiger partial charge on any atom is 0.224 e. The zero-order chi connectivity index (χ0) is 25.8. The van der Waals surface area contributed by atoms with Crippen molar-refractivity contribution in [3.05, 3.63) is 58.6 Å². The normalized spacial score (nSPS) is 12.3. The van der Waals surface area contributed by atoms with Gasteiger partial charge in [0.15, 0.2) is 0 Å². The Balaban J connectivity index is 1.81. The minimum absolute atomic E-state index is 0.0193. The number of hydrogen-bond donors (Lipinski definition) is 4. The average Bonchev–Trinajstić information content (AvgIpc) is 2.78. The minimum atomic E-state index is -0.208. The van der Waals surface area contributed by atoms with Crippen molar-refractivity contribution in [3.8, 4) is 5.75 Å². The molecule has 2 rings (SSSR count). The molecule has 2 aromatic rings. The van der Waals surface area contributed by atoms with E-state index in [1.807, 2.05) is 35.2 Å². The summed E-state index contributed by atoms with van der Waals surface area (Å²) in [5.74, 6) is 0.111. The fourth-order valence-electron chi connectivity index (χ4n) is 3.85. The zero-order valence-electron chi connectivity index (χ0n) is 21.0. The summed E-state index contributed by atoms with van der Waals surface area (Å²) in [6, 6.07) is 12.7. The highest BCUT2D eigenvalue weighted by Crippen LogP contribution is 2.23. The van der Waals surface area contributed by atoms with E-state index in [1.165, 1.54) is 0 Å². The number of carbonyl (C=O) groups excluding carboxylic acids is 2.